The van der Waals surface area contributed by atoms with Crippen molar-refractivity contribution in [1.82, 2.24) is 29.4 Å². The molecule has 0 saturated heterocycles. The van der Waals surface area contributed by atoms with E-state index in [0.29, 0.717) is 39.3 Å². The molecule has 45 heavy (non-hydrogen) atoms. The van der Waals surface area contributed by atoms with Crippen LogP contribution in [0.15, 0.2) is 59.9 Å². The Morgan fingerprint density at radius 3 is 2.31 bits per heavy atom. The molecular formula is C31H34ClF3N6O3S. The Balaban J connectivity index is 1.31. The van der Waals surface area contributed by atoms with Gasteiger partial charge >= 0.3 is 6.18 Å². The Kier molecular flexibility index (Phi) is 9.00. The lowest BCUT2D eigenvalue weighted by Gasteiger charge is -2.30. The highest BCUT2D eigenvalue weighted by molar-refractivity contribution is 7.90. The van der Waals surface area contributed by atoms with Gasteiger partial charge < -0.3 is 10.2 Å². The maximum absolute atomic E-state index is 14.1. The van der Waals surface area contributed by atoms with Crippen LogP contribution in [0.3, 0.4) is 0 Å². The largest absolute Gasteiger partial charge is 0.395 e. The molecule has 14 heteroatoms. The van der Waals surface area contributed by atoms with E-state index in [1.807, 2.05) is 25.9 Å². The summed E-state index contributed by atoms with van der Waals surface area (Å²) in [5.74, 6) is -1.17. The predicted octanol–water partition coefficient (Wildman–Crippen LogP) is 5.44. The van der Waals surface area contributed by atoms with E-state index in [9.17, 15) is 26.4 Å². The molecule has 9 nitrogen and oxygen atoms in total. The van der Waals surface area contributed by atoms with Gasteiger partial charge in [0.2, 0.25) is 5.91 Å². The monoisotopic (exact) mass is 662 g/mol. The molecule has 2 aromatic carbocycles. The van der Waals surface area contributed by atoms with Gasteiger partial charge in [0.25, 0.3) is 10.0 Å². The van der Waals surface area contributed by atoms with Crippen LogP contribution in [0.5, 0.6) is 0 Å². The maximum Gasteiger partial charge on any atom is 0.395 e. The van der Waals surface area contributed by atoms with Crippen molar-refractivity contribution in [3.05, 3.63) is 82.5 Å². The van der Waals surface area contributed by atoms with E-state index in [-0.39, 0.29) is 36.7 Å². The number of carbonyl (C=O) groups is 1. The number of likely N-dealkylation sites (N-methyl/N-ethyl adjacent to an activating group) is 1. The third kappa shape index (κ3) is 6.70. The summed E-state index contributed by atoms with van der Waals surface area (Å²) in [6, 6.07) is 9.51. The van der Waals surface area contributed by atoms with Gasteiger partial charge in [-0.1, -0.05) is 29.3 Å². The number of fused-ring (bicyclic) bond motifs is 1. The van der Waals surface area contributed by atoms with Crippen LogP contribution in [0.1, 0.15) is 47.7 Å². The van der Waals surface area contributed by atoms with Gasteiger partial charge in [-0.05, 0) is 82.6 Å². The molecule has 5 rings (SSSR count). The van der Waals surface area contributed by atoms with Gasteiger partial charge in [0.15, 0.2) is 0 Å². The SMILES string of the molecule is Cc1ccc(S(=O)(=O)n2ncc3cc(C[C@@H](CNC(=O)C[C@H](c4cnc(C)nc4)C4(C(F)(F)F)CC4)N(C)C)c(Cl)cc32)cc1. The maximum atomic E-state index is 14.1. The first-order chi connectivity index (χ1) is 21.1. The molecule has 2 heterocycles. The number of carbonyl (C=O) groups excluding carboxylic acids is 1. The van der Waals surface area contributed by atoms with Crippen LogP contribution in [0.2, 0.25) is 5.02 Å². The van der Waals surface area contributed by atoms with E-state index in [0.717, 1.165) is 9.65 Å². The lowest BCUT2D eigenvalue weighted by atomic mass is 9.81. The van der Waals surface area contributed by atoms with Gasteiger partial charge in [-0.3, -0.25) is 4.79 Å². The zero-order chi connectivity index (χ0) is 32.7. The first-order valence-electron chi connectivity index (χ1n) is 14.4. The molecular weight excluding hydrogens is 629 g/mol. The van der Waals surface area contributed by atoms with Crippen LogP contribution in [-0.4, -0.2) is 71.2 Å². The summed E-state index contributed by atoms with van der Waals surface area (Å²) in [7, 11) is -0.310. The van der Waals surface area contributed by atoms with Crippen molar-refractivity contribution in [2.24, 2.45) is 5.41 Å². The number of benzene rings is 2. The average molecular weight is 663 g/mol. The van der Waals surface area contributed by atoms with Crippen LogP contribution >= 0.6 is 11.6 Å². The fourth-order valence-electron chi connectivity index (χ4n) is 5.59. The lowest BCUT2D eigenvalue weighted by molar-refractivity contribution is -0.194. The van der Waals surface area contributed by atoms with E-state index in [1.165, 1.54) is 30.7 Å². The van der Waals surface area contributed by atoms with E-state index in [4.69, 9.17) is 11.6 Å². The van der Waals surface area contributed by atoms with Gasteiger partial charge in [-0.15, -0.1) is 0 Å². The Morgan fingerprint density at radius 2 is 1.73 bits per heavy atom. The third-order valence-corrected chi connectivity index (χ3v) is 10.5. The number of hydrogen-bond acceptors (Lipinski definition) is 7. The Morgan fingerprint density at radius 1 is 1.09 bits per heavy atom. The van der Waals surface area contributed by atoms with Gasteiger partial charge in [-0.25, -0.2) is 9.97 Å². The molecule has 0 aliphatic heterocycles. The predicted molar refractivity (Wildman–Crippen MR) is 165 cm³/mol. The van der Waals surface area contributed by atoms with Crippen LogP contribution in [0.25, 0.3) is 10.9 Å². The molecule has 1 aliphatic rings. The Hall–Kier alpha value is -3.55. The van der Waals surface area contributed by atoms with E-state index in [1.54, 1.807) is 31.2 Å². The number of amides is 1. The molecule has 1 amide bonds. The number of nitrogens with zero attached hydrogens (tertiary/aromatic N) is 5. The standard InChI is InChI=1S/C31H34ClF3N6O3S/c1-19-5-7-25(8-6-19)45(43,44)41-28-14-27(32)21(11-22(28)17-39-41)12-24(40(3)4)18-38-29(42)13-26(23-15-36-20(2)37-16-23)30(9-10-30)31(33,34)35/h5-8,11,14-17,24,26H,9-10,12-13,18H2,1-4H3,(H,38,42)/t24-,26+/m0/s1. The van der Waals surface area contributed by atoms with Crippen molar-refractivity contribution in [3.63, 3.8) is 0 Å². The van der Waals surface area contributed by atoms with E-state index >= 15 is 0 Å². The molecule has 0 bridgehead atoms. The molecule has 0 radical (unpaired) electrons. The summed E-state index contributed by atoms with van der Waals surface area (Å²) in [5.41, 5.74) is 0.272. The average Bonchev–Trinajstić information content (AvgIpc) is 3.69. The quantitative estimate of drug-likeness (QED) is 0.228. The number of aryl methyl sites for hydroxylation is 2. The molecule has 4 aromatic rings. The van der Waals surface area contributed by atoms with Gasteiger partial charge in [0.05, 0.1) is 22.0 Å². The summed E-state index contributed by atoms with van der Waals surface area (Å²) in [6.07, 6.45) is -0.331. The normalized spacial score (nSPS) is 16.1. The highest BCUT2D eigenvalue weighted by Gasteiger charge is 2.67. The van der Waals surface area contributed by atoms with Crippen molar-refractivity contribution in [3.8, 4) is 0 Å². The minimum atomic E-state index is -4.46. The smallest absolute Gasteiger partial charge is 0.355 e. The Labute approximate surface area is 264 Å². The van der Waals surface area contributed by atoms with Crippen molar-refractivity contribution < 1.29 is 26.4 Å². The van der Waals surface area contributed by atoms with Gasteiger partial charge in [0, 0.05) is 47.7 Å². The molecule has 1 aliphatic carbocycles. The molecule has 240 valence electrons. The summed E-state index contributed by atoms with van der Waals surface area (Å²) < 4.78 is 69.8. The molecule has 1 fully saturated rings. The summed E-state index contributed by atoms with van der Waals surface area (Å²) >= 11 is 6.65. The molecule has 1 saturated carbocycles. The second-order valence-electron chi connectivity index (χ2n) is 11.9. The first kappa shape index (κ1) is 32.8. The fraction of sp³-hybridized carbons (Fsp3) is 0.419. The summed E-state index contributed by atoms with van der Waals surface area (Å²) in [5, 5.41) is 7.84. The van der Waals surface area contributed by atoms with Crippen LogP contribution in [0.4, 0.5) is 13.2 Å². The van der Waals surface area contributed by atoms with Crippen LogP contribution < -0.4 is 5.32 Å². The zero-order valence-electron chi connectivity index (χ0n) is 25.3. The summed E-state index contributed by atoms with van der Waals surface area (Å²) in [4.78, 5) is 23.2. The third-order valence-electron chi connectivity index (χ3n) is 8.58. The van der Waals surface area contributed by atoms with Gasteiger partial charge in [0.1, 0.15) is 5.82 Å². The molecule has 2 atom stereocenters. The van der Waals surface area contributed by atoms with Gasteiger partial charge in [-0.2, -0.15) is 30.8 Å². The molecule has 0 spiro atoms. The number of halogens is 4. The highest BCUT2D eigenvalue weighted by Crippen LogP contribution is 2.66. The fourth-order valence-corrected chi connectivity index (χ4v) is 7.09. The second kappa shape index (κ2) is 12.3. The molecule has 2 aromatic heterocycles. The number of alkyl halides is 3. The van der Waals surface area contributed by atoms with E-state index in [2.05, 4.69) is 20.4 Å². The number of aromatic nitrogens is 4. The first-order valence-corrected chi connectivity index (χ1v) is 16.2. The number of rotatable bonds is 11. The zero-order valence-corrected chi connectivity index (χ0v) is 26.8. The van der Waals surface area contributed by atoms with Crippen molar-refractivity contribution >= 4 is 38.4 Å². The highest BCUT2D eigenvalue weighted by atomic mass is 35.5. The summed E-state index contributed by atoms with van der Waals surface area (Å²) in [6.45, 7) is 3.66. The lowest BCUT2D eigenvalue weighted by Crippen LogP contribution is -2.42. The van der Waals surface area contributed by atoms with Crippen LogP contribution in [0, 0.1) is 19.3 Å². The minimum absolute atomic E-state index is 0.0491. The molecule has 0 unspecified atom stereocenters. The van der Waals surface area contributed by atoms with Crippen molar-refractivity contribution in [2.45, 2.75) is 62.6 Å². The van der Waals surface area contributed by atoms with Crippen molar-refractivity contribution in [1.29, 1.82) is 0 Å². The molecule has 1 N–H and O–H groups in total. The Bertz CT molecular complexity index is 1810. The number of hydrogen-bond donors (Lipinski definition) is 1. The topological polar surface area (TPSA) is 110 Å². The second-order valence-corrected chi connectivity index (χ2v) is 14.1. The van der Waals surface area contributed by atoms with Crippen LogP contribution in [-0.2, 0) is 21.2 Å². The minimum Gasteiger partial charge on any atom is -0.355 e. The van der Waals surface area contributed by atoms with Crippen molar-refractivity contribution in [2.75, 3.05) is 20.6 Å². The van der Waals surface area contributed by atoms with E-state index < -0.39 is 33.4 Å². The number of nitrogens with one attached hydrogen (secondary N) is 1.